The largest absolute Gasteiger partial charge is 0.469 e. The molecule has 1 unspecified atom stereocenters. The smallest absolute Gasteiger partial charge is 0.314 e. The molecule has 88 valence electrons. The Kier molecular flexibility index (Phi) is 2.90. The van der Waals surface area contributed by atoms with Crippen LogP contribution in [0.3, 0.4) is 0 Å². The van der Waals surface area contributed by atoms with Crippen LogP contribution in [0.25, 0.3) is 0 Å². The van der Waals surface area contributed by atoms with Crippen molar-refractivity contribution in [1.82, 2.24) is 0 Å². The minimum absolute atomic E-state index is 0.111. The lowest BCUT2D eigenvalue weighted by molar-refractivity contribution is -0.168. The molecule has 1 aliphatic carbocycles. The van der Waals surface area contributed by atoms with Crippen molar-refractivity contribution in [3.63, 3.8) is 0 Å². The van der Waals surface area contributed by atoms with Crippen molar-refractivity contribution < 1.29 is 14.6 Å². The summed E-state index contributed by atoms with van der Waals surface area (Å²) in [6.45, 7) is 7.77. The van der Waals surface area contributed by atoms with E-state index in [1.165, 1.54) is 7.11 Å². The Morgan fingerprint density at radius 3 is 2.20 bits per heavy atom. The third-order valence-corrected chi connectivity index (χ3v) is 3.85. The highest BCUT2D eigenvalue weighted by molar-refractivity contribution is 5.77. The summed E-state index contributed by atoms with van der Waals surface area (Å²) in [6.07, 6.45) is 2.27. The maximum absolute atomic E-state index is 11.7. The summed E-state index contributed by atoms with van der Waals surface area (Å²) in [5.74, 6) is -0.331. The van der Waals surface area contributed by atoms with Gasteiger partial charge in [-0.1, -0.05) is 13.8 Å². The molecule has 0 amide bonds. The number of hydrogen-bond donors (Lipinski definition) is 1. The molecule has 1 fully saturated rings. The van der Waals surface area contributed by atoms with Gasteiger partial charge in [0.05, 0.1) is 18.1 Å². The molecule has 0 radical (unpaired) electrons. The molecule has 0 saturated heterocycles. The molecule has 1 N–H and O–H groups in total. The average molecular weight is 214 g/mol. The van der Waals surface area contributed by atoms with Gasteiger partial charge in [0.25, 0.3) is 0 Å². The van der Waals surface area contributed by atoms with Gasteiger partial charge in [0.15, 0.2) is 0 Å². The normalized spacial score (nSPS) is 30.3. The van der Waals surface area contributed by atoms with Gasteiger partial charge >= 0.3 is 5.97 Å². The minimum Gasteiger partial charge on any atom is -0.469 e. The van der Waals surface area contributed by atoms with Crippen LogP contribution in [0.5, 0.6) is 0 Å². The summed E-state index contributed by atoms with van der Waals surface area (Å²) >= 11 is 0. The summed E-state index contributed by atoms with van der Waals surface area (Å²) in [7, 11) is 1.37. The Morgan fingerprint density at radius 2 is 1.87 bits per heavy atom. The van der Waals surface area contributed by atoms with E-state index in [2.05, 4.69) is 13.8 Å². The van der Waals surface area contributed by atoms with E-state index in [0.29, 0.717) is 12.8 Å². The molecule has 1 saturated carbocycles. The fraction of sp³-hybridized carbons (Fsp3) is 0.917. The second kappa shape index (κ2) is 3.48. The van der Waals surface area contributed by atoms with Crippen LogP contribution in [0.15, 0.2) is 0 Å². The van der Waals surface area contributed by atoms with E-state index < -0.39 is 11.0 Å². The van der Waals surface area contributed by atoms with Crippen molar-refractivity contribution in [2.45, 2.75) is 52.6 Å². The van der Waals surface area contributed by atoms with Crippen LogP contribution in [-0.2, 0) is 9.53 Å². The Balaban J connectivity index is 2.92. The number of esters is 1. The fourth-order valence-electron chi connectivity index (χ4n) is 2.49. The first-order chi connectivity index (χ1) is 6.65. The van der Waals surface area contributed by atoms with E-state index >= 15 is 0 Å². The topological polar surface area (TPSA) is 46.5 Å². The zero-order valence-corrected chi connectivity index (χ0v) is 10.4. The number of aliphatic hydroxyl groups is 1. The molecule has 0 bridgehead atoms. The first-order valence-electron chi connectivity index (χ1n) is 5.45. The lowest BCUT2D eigenvalue weighted by atomic mass is 9.72. The van der Waals surface area contributed by atoms with Gasteiger partial charge in [-0.15, -0.1) is 0 Å². The fourth-order valence-corrected chi connectivity index (χ4v) is 2.49. The molecule has 0 aliphatic heterocycles. The number of rotatable bonds is 2. The first-order valence-corrected chi connectivity index (χ1v) is 5.45. The predicted octanol–water partition coefficient (Wildman–Crippen LogP) is 2.13. The SMILES string of the molecule is COC(=O)C(C)(C)C1(O)CCC(C)(C)C1. The summed E-state index contributed by atoms with van der Waals surface area (Å²) in [5.41, 5.74) is -1.64. The predicted molar refractivity (Wildman–Crippen MR) is 58.4 cm³/mol. The lowest BCUT2D eigenvalue weighted by Crippen LogP contribution is -2.48. The zero-order valence-electron chi connectivity index (χ0n) is 10.4. The van der Waals surface area contributed by atoms with Crippen molar-refractivity contribution in [1.29, 1.82) is 0 Å². The Hall–Kier alpha value is -0.570. The van der Waals surface area contributed by atoms with Crippen LogP contribution >= 0.6 is 0 Å². The van der Waals surface area contributed by atoms with Crippen molar-refractivity contribution in [3.8, 4) is 0 Å². The Labute approximate surface area is 91.8 Å². The van der Waals surface area contributed by atoms with E-state index in [4.69, 9.17) is 4.74 Å². The summed E-state index contributed by atoms with van der Waals surface area (Å²) < 4.78 is 4.76. The number of carbonyl (C=O) groups excluding carboxylic acids is 1. The molecule has 3 nitrogen and oxygen atoms in total. The van der Waals surface area contributed by atoms with Gasteiger partial charge in [-0.25, -0.2) is 0 Å². The molecule has 15 heavy (non-hydrogen) atoms. The van der Waals surface area contributed by atoms with Crippen LogP contribution in [-0.4, -0.2) is 23.8 Å². The quantitative estimate of drug-likeness (QED) is 0.716. The Bertz CT molecular complexity index is 268. The monoisotopic (exact) mass is 214 g/mol. The van der Waals surface area contributed by atoms with Crippen molar-refractivity contribution in [2.75, 3.05) is 7.11 Å². The molecule has 0 aromatic heterocycles. The van der Waals surface area contributed by atoms with Gasteiger partial charge in [0.1, 0.15) is 0 Å². The van der Waals surface area contributed by atoms with Crippen molar-refractivity contribution >= 4 is 5.97 Å². The highest BCUT2D eigenvalue weighted by atomic mass is 16.5. The number of hydrogen-bond acceptors (Lipinski definition) is 3. The number of methoxy groups -OCH3 is 1. The van der Waals surface area contributed by atoms with E-state index in [0.717, 1.165) is 6.42 Å². The highest BCUT2D eigenvalue weighted by Crippen LogP contribution is 2.51. The lowest BCUT2D eigenvalue weighted by Gasteiger charge is -2.38. The van der Waals surface area contributed by atoms with E-state index in [9.17, 15) is 9.90 Å². The van der Waals surface area contributed by atoms with Gasteiger partial charge in [-0.3, -0.25) is 4.79 Å². The van der Waals surface area contributed by atoms with Crippen LogP contribution in [0.2, 0.25) is 0 Å². The molecule has 0 spiro atoms. The van der Waals surface area contributed by atoms with E-state index in [-0.39, 0.29) is 11.4 Å². The molecule has 3 heteroatoms. The first kappa shape index (κ1) is 12.5. The summed E-state index contributed by atoms with van der Waals surface area (Å²) in [6, 6.07) is 0. The minimum atomic E-state index is -0.927. The zero-order chi connectivity index (χ0) is 11.9. The van der Waals surface area contributed by atoms with Crippen LogP contribution in [0.4, 0.5) is 0 Å². The Morgan fingerprint density at radius 1 is 1.33 bits per heavy atom. The molecule has 1 aliphatic rings. The molecule has 0 aromatic rings. The van der Waals surface area contributed by atoms with Gasteiger partial charge in [0.2, 0.25) is 0 Å². The van der Waals surface area contributed by atoms with E-state index in [1.807, 2.05) is 0 Å². The maximum atomic E-state index is 11.7. The van der Waals surface area contributed by atoms with Crippen LogP contribution in [0, 0.1) is 10.8 Å². The summed E-state index contributed by atoms with van der Waals surface area (Å²) in [5, 5.41) is 10.6. The molecule has 1 rings (SSSR count). The van der Waals surface area contributed by atoms with Gasteiger partial charge in [-0.2, -0.15) is 0 Å². The highest BCUT2D eigenvalue weighted by Gasteiger charge is 2.55. The second-order valence-electron chi connectivity index (χ2n) is 5.99. The third-order valence-electron chi connectivity index (χ3n) is 3.85. The average Bonchev–Trinajstić information content (AvgIpc) is 2.40. The van der Waals surface area contributed by atoms with Crippen molar-refractivity contribution in [2.24, 2.45) is 10.8 Å². The molecular weight excluding hydrogens is 192 g/mol. The molecule has 0 aromatic carbocycles. The standard InChI is InChI=1S/C12H22O3/c1-10(2)6-7-12(14,8-10)11(3,4)9(13)15-5/h14H,6-8H2,1-5H3. The maximum Gasteiger partial charge on any atom is 0.314 e. The van der Waals surface area contributed by atoms with Crippen LogP contribution in [0.1, 0.15) is 47.0 Å². The third kappa shape index (κ3) is 2.03. The van der Waals surface area contributed by atoms with Gasteiger partial charge in [0, 0.05) is 0 Å². The molecule has 1 atom stereocenters. The van der Waals surface area contributed by atoms with Gasteiger partial charge in [-0.05, 0) is 38.5 Å². The van der Waals surface area contributed by atoms with E-state index in [1.54, 1.807) is 13.8 Å². The molecular formula is C12H22O3. The van der Waals surface area contributed by atoms with Crippen molar-refractivity contribution in [3.05, 3.63) is 0 Å². The second-order valence-corrected chi connectivity index (χ2v) is 5.99. The van der Waals surface area contributed by atoms with Crippen LogP contribution < -0.4 is 0 Å². The summed E-state index contributed by atoms with van der Waals surface area (Å²) in [4.78, 5) is 11.7. The number of ether oxygens (including phenoxy) is 1. The molecule has 0 heterocycles. The number of carbonyl (C=O) groups is 1. The van der Waals surface area contributed by atoms with Gasteiger partial charge < -0.3 is 9.84 Å².